The highest BCUT2D eigenvalue weighted by molar-refractivity contribution is 6.02. The summed E-state index contributed by atoms with van der Waals surface area (Å²) in [4.78, 5) is 25.1. The van der Waals surface area contributed by atoms with Crippen molar-refractivity contribution in [3.05, 3.63) is 106 Å². The van der Waals surface area contributed by atoms with Crippen molar-refractivity contribution < 1.29 is 18.0 Å². The maximum Gasteiger partial charge on any atom is 0.416 e. The second kappa shape index (κ2) is 8.73. The number of carbonyl (C=O) groups excluding carboxylic acids is 1. The number of benzene rings is 2. The van der Waals surface area contributed by atoms with Gasteiger partial charge in [0, 0.05) is 24.0 Å². The molecule has 7 nitrogen and oxygen atoms in total. The van der Waals surface area contributed by atoms with E-state index in [4.69, 9.17) is 0 Å². The number of anilines is 1. The molecule has 0 spiro atoms. The Morgan fingerprint density at radius 3 is 2.48 bits per heavy atom. The third-order valence-corrected chi connectivity index (χ3v) is 4.81. The van der Waals surface area contributed by atoms with Crippen molar-refractivity contribution in [2.75, 3.05) is 5.32 Å². The molecule has 168 valence electrons. The number of hydrogen-bond acceptors (Lipinski definition) is 4. The zero-order valence-electron chi connectivity index (χ0n) is 17.4. The Morgan fingerprint density at radius 2 is 1.76 bits per heavy atom. The molecule has 2 aromatic heterocycles. The van der Waals surface area contributed by atoms with Gasteiger partial charge in [0.05, 0.1) is 17.8 Å². The van der Waals surface area contributed by atoms with Gasteiger partial charge in [0.1, 0.15) is 0 Å². The van der Waals surface area contributed by atoms with E-state index in [2.05, 4.69) is 15.5 Å². The quantitative estimate of drug-likeness (QED) is 0.494. The van der Waals surface area contributed by atoms with E-state index in [0.29, 0.717) is 6.54 Å². The first-order valence-corrected chi connectivity index (χ1v) is 9.88. The lowest BCUT2D eigenvalue weighted by molar-refractivity contribution is -0.137. The molecule has 1 N–H and O–H groups in total. The highest BCUT2D eigenvalue weighted by Gasteiger charge is 2.30. The van der Waals surface area contributed by atoms with Crippen LogP contribution in [0.2, 0.25) is 0 Å². The van der Waals surface area contributed by atoms with Crippen LogP contribution in [0.4, 0.5) is 19.0 Å². The van der Waals surface area contributed by atoms with Crippen LogP contribution < -0.4 is 10.7 Å². The van der Waals surface area contributed by atoms with Crippen LogP contribution in [0, 0.1) is 6.92 Å². The van der Waals surface area contributed by atoms with Crippen molar-refractivity contribution in [2.45, 2.75) is 19.6 Å². The van der Waals surface area contributed by atoms with Gasteiger partial charge in [0.15, 0.2) is 11.5 Å². The molecular weight excluding hydrogens is 435 g/mol. The maximum absolute atomic E-state index is 13.1. The van der Waals surface area contributed by atoms with Crippen LogP contribution in [-0.2, 0) is 12.7 Å². The largest absolute Gasteiger partial charge is 0.416 e. The molecule has 1 amide bonds. The summed E-state index contributed by atoms with van der Waals surface area (Å²) in [5, 5.41) is 10.8. The van der Waals surface area contributed by atoms with Gasteiger partial charge in [-0.2, -0.15) is 23.4 Å². The van der Waals surface area contributed by atoms with Gasteiger partial charge >= 0.3 is 6.18 Å². The molecule has 0 saturated carbocycles. The Morgan fingerprint density at radius 1 is 1.00 bits per heavy atom. The Balaban J connectivity index is 1.59. The number of carbonyl (C=O) groups is 1. The lowest BCUT2D eigenvalue weighted by Gasteiger charge is -2.13. The van der Waals surface area contributed by atoms with Crippen LogP contribution >= 0.6 is 0 Å². The molecule has 0 aliphatic carbocycles. The summed E-state index contributed by atoms with van der Waals surface area (Å²) in [6.07, 6.45) is -2.87. The average molecular weight is 453 g/mol. The van der Waals surface area contributed by atoms with Gasteiger partial charge in [-0.25, -0.2) is 4.68 Å². The van der Waals surface area contributed by atoms with Crippen molar-refractivity contribution >= 4 is 11.7 Å². The van der Waals surface area contributed by atoms with E-state index < -0.39 is 28.8 Å². The summed E-state index contributed by atoms with van der Waals surface area (Å²) in [5.41, 5.74) is -0.614. The number of rotatable bonds is 5. The summed E-state index contributed by atoms with van der Waals surface area (Å²) in [6, 6.07) is 16.8. The Kier molecular flexibility index (Phi) is 5.82. The van der Waals surface area contributed by atoms with E-state index in [9.17, 15) is 22.8 Å². The zero-order valence-corrected chi connectivity index (χ0v) is 17.4. The van der Waals surface area contributed by atoms with Gasteiger partial charge in [-0.3, -0.25) is 14.3 Å². The van der Waals surface area contributed by atoms with Gasteiger partial charge in [0.2, 0.25) is 5.43 Å². The number of alkyl halides is 3. The van der Waals surface area contributed by atoms with Crippen molar-refractivity contribution in [1.82, 2.24) is 19.6 Å². The minimum atomic E-state index is -4.54. The van der Waals surface area contributed by atoms with Gasteiger partial charge in [-0.05, 0) is 30.7 Å². The van der Waals surface area contributed by atoms with Gasteiger partial charge in [-0.15, -0.1) is 0 Å². The number of aryl methyl sites for hydroxylation is 1. The molecule has 10 heteroatoms. The summed E-state index contributed by atoms with van der Waals surface area (Å²) >= 11 is 0. The number of amides is 1. The Hall–Kier alpha value is -4.21. The Labute approximate surface area is 186 Å². The topological polar surface area (TPSA) is 81.8 Å². The van der Waals surface area contributed by atoms with E-state index in [1.807, 2.05) is 30.3 Å². The number of hydrogen-bond donors (Lipinski definition) is 1. The van der Waals surface area contributed by atoms with Crippen LogP contribution in [-0.4, -0.2) is 25.5 Å². The van der Waals surface area contributed by atoms with E-state index in [0.717, 1.165) is 28.4 Å². The molecule has 0 saturated heterocycles. The van der Waals surface area contributed by atoms with Gasteiger partial charge < -0.3 is 5.32 Å². The molecular formula is C23H18F3N5O2. The maximum atomic E-state index is 13.1. The lowest BCUT2D eigenvalue weighted by Crippen LogP contribution is -2.27. The molecule has 0 unspecified atom stereocenters. The average Bonchev–Trinajstić information content (AvgIpc) is 3.20. The standard InChI is InChI=1S/C23H18F3N5O2/c1-15-12-19(32)21(29-31(15)18-9-5-8-17(13-18)23(24,25)26)22(33)27-20-10-11-30(28-20)14-16-6-3-2-4-7-16/h2-13H,14H2,1H3,(H,27,28,33). The van der Waals surface area contributed by atoms with Crippen LogP contribution in [0.1, 0.15) is 27.3 Å². The molecule has 2 heterocycles. The van der Waals surface area contributed by atoms with Crippen molar-refractivity contribution in [3.8, 4) is 5.69 Å². The molecule has 0 aliphatic rings. The number of nitrogens with zero attached hydrogens (tertiary/aromatic N) is 4. The normalized spacial score (nSPS) is 11.4. The first-order valence-electron chi connectivity index (χ1n) is 9.88. The Bertz CT molecular complexity index is 1360. The second-order valence-corrected chi connectivity index (χ2v) is 7.30. The summed E-state index contributed by atoms with van der Waals surface area (Å²) < 4.78 is 42.0. The molecule has 2 aromatic carbocycles. The second-order valence-electron chi connectivity index (χ2n) is 7.30. The SMILES string of the molecule is Cc1cc(=O)c(C(=O)Nc2ccn(Cc3ccccc3)n2)nn1-c1cccc(C(F)(F)F)c1. The minimum Gasteiger partial charge on any atom is -0.304 e. The predicted molar refractivity (Wildman–Crippen MR) is 115 cm³/mol. The summed E-state index contributed by atoms with van der Waals surface area (Å²) in [5.74, 6) is -0.603. The number of nitrogens with one attached hydrogen (secondary N) is 1. The first-order chi connectivity index (χ1) is 15.7. The fraction of sp³-hybridized carbons (Fsp3) is 0.130. The lowest BCUT2D eigenvalue weighted by atomic mass is 10.2. The van der Waals surface area contributed by atoms with Gasteiger partial charge in [0.25, 0.3) is 5.91 Å². The first kappa shape index (κ1) is 22.0. The smallest absolute Gasteiger partial charge is 0.304 e. The van der Waals surface area contributed by atoms with Crippen LogP contribution in [0.3, 0.4) is 0 Å². The molecule has 0 bridgehead atoms. The number of halogens is 3. The molecule has 0 atom stereocenters. The zero-order chi connectivity index (χ0) is 23.6. The van der Waals surface area contributed by atoms with Crippen molar-refractivity contribution in [3.63, 3.8) is 0 Å². The van der Waals surface area contributed by atoms with E-state index >= 15 is 0 Å². The van der Waals surface area contributed by atoms with Crippen molar-refractivity contribution in [2.24, 2.45) is 0 Å². The predicted octanol–water partition coefficient (Wildman–Crippen LogP) is 4.06. The summed E-state index contributed by atoms with van der Waals surface area (Å²) in [7, 11) is 0. The van der Waals surface area contributed by atoms with Gasteiger partial charge in [-0.1, -0.05) is 36.4 Å². The molecule has 33 heavy (non-hydrogen) atoms. The van der Waals surface area contributed by atoms with Crippen LogP contribution in [0.5, 0.6) is 0 Å². The minimum absolute atomic E-state index is 0.0727. The fourth-order valence-corrected chi connectivity index (χ4v) is 3.24. The van der Waals surface area contributed by atoms with Crippen molar-refractivity contribution in [1.29, 1.82) is 0 Å². The molecule has 4 rings (SSSR count). The highest BCUT2D eigenvalue weighted by atomic mass is 19.4. The highest BCUT2D eigenvalue weighted by Crippen LogP contribution is 2.30. The monoisotopic (exact) mass is 453 g/mol. The number of aromatic nitrogens is 4. The van der Waals surface area contributed by atoms with E-state index in [1.165, 1.54) is 19.1 Å². The third kappa shape index (κ3) is 5.00. The fourth-order valence-electron chi connectivity index (χ4n) is 3.24. The molecule has 0 aliphatic heterocycles. The van der Waals surface area contributed by atoms with Crippen LogP contribution in [0.25, 0.3) is 5.69 Å². The van der Waals surface area contributed by atoms with E-state index in [-0.39, 0.29) is 17.2 Å². The summed E-state index contributed by atoms with van der Waals surface area (Å²) in [6.45, 7) is 2.00. The molecule has 0 radical (unpaired) electrons. The molecule has 4 aromatic rings. The van der Waals surface area contributed by atoms with E-state index in [1.54, 1.807) is 16.9 Å². The van der Waals surface area contributed by atoms with Crippen LogP contribution in [0.15, 0.2) is 77.7 Å². The molecule has 0 fully saturated rings. The third-order valence-electron chi connectivity index (χ3n) is 4.81.